The van der Waals surface area contributed by atoms with Gasteiger partial charge in [-0.3, -0.25) is 4.79 Å². The summed E-state index contributed by atoms with van der Waals surface area (Å²) in [6.45, 7) is 1.65. The number of hydrogen-bond acceptors (Lipinski definition) is 4. The molecule has 3 aromatic heterocycles. The molecule has 0 bridgehead atoms. The number of thiazole rings is 1. The summed E-state index contributed by atoms with van der Waals surface area (Å²) < 4.78 is 2.12. The predicted molar refractivity (Wildman–Crippen MR) is 110 cm³/mol. The Morgan fingerprint density at radius 1 is 1.15 bits per heavy atom. The van der Waals surface area contributed by atoms with Crippen LogP contribution in [0.1, 0.15) is 57.4 Å². The molecule has 0 aromatic carbocycles. The molecule has 140 valence electrons. The summed E-state index contributed by atoms with van der Waals surface area (Å²) in [6, 6.07) is 4.07. The molecule has 6 heteroatoms. The van der Waals surface area contributed by atoms with Gasteiger partial charge in [0.05, 0.1) is 10.6 Å². The minimum atomic E-state index is 0.222. The molecule has 1 aliphatic carbocycles. The average molecular weight is 398 g/mol. The minimum Gasteiger partial charge on any atom is -0.338 e. The van der Waals surface area contributed by atoms with Gasteiger partial charge < -0.3 is 9.47 Å². The zero-order chi connectivity index (χ0) is 18.2. The van der Waals surface area contributed by atoms with Crippen molar-refractivity contribution in [1.82, 2.24) is 14.5 Å². The lowest BCUT2D eigenvalue weighted by Crippen LogP contribution is -2.39. The number of nitrogens with zero attached hydrogens (tertiary/aromatic N) is 3. The average Bonchev–Trinajstić information content (AvgIpc) is 3.47. The highest BCUT2D eigenvalue weighted by molar-refractivity contribution is 7.15. The van der Waals surface area contributed by atoms with Gasteiger partial charge in [0.1, 0.15) is 5.00 Å². The van der Waals surface area contributed by atoms with Gasteiger partial charge in [-0.2, -0.15) is 0 Å². The number of likely N-dealkylation sites (tertiary alicyclic amines) is 1. The lowest BCUT2D eigenvalue weighted by atomic mass is 9.93. The van der Waals surface area contributed by atoms with Crippen molar-refractivity contribution in [3.63, 3.8) is 0 Å². The number of fused-ring (bicyclic) bond motifs is 1. The van der Waals surface area contributed by atoms with Crippen molar-refractivity contribution in [2.45, 2.75) is 44.4 Å². The fourth-order valence-corrected chi connectivity index (χ4v) is 6.50. The third-order valence-electron chi connectivity index (χ3n) is 5.71. The second-order valence-corrected chi connectivity index (χ2v) is 9.45. The Balaban J connectivity index is 1.50. The van der Waals surface area contributed by atoms with Gasteiger partial charge in [-0.15, -0.1) is 22.7 Å². The van der Waals surface area contributed by atoms with Crippen molar-refractivity contribution >= 4 is 28.6 Å². The van der Waals surface area contributed by atoms with Crippen LogP contribution in [-0.2, 0) is 12.8 Å². The van der Waals surface area contributed by atoms with Gasteiger partial charge in [-0.25, -0.2) is 4.98 Å². The maximum Gasteiger partial charge on any atom is 0.257 e. The second kappa shape index (κ2) is 7.24. The van der Waals surface area contributed by atoms with Crippen molar-refractivity contribution in [2.24, 2.45) is 0 Å². The number of aromatic nitrogens is 2. The Hall–Kier alpha value is -1.92. The molecule has 1 atom stereocenters. The Labute approximate surface area is 167 Å². The molecule has 1 unspecified atom stereocenters. The fraction of sp³-hybridized carbons (Fsp3) is 0.429. The largest absolute Gasteiger partial charge is 0.338 e. The number of aryl methyl sites for hydroxylation is 1. The molecule has 3 aromatic rings. The first kappa shape index (κ1) is 17.2. The van der Waals surface area contributed by atoms with Gasteiger partial charge in [0.25, 0.3) is 5.91 Å². The highest BCUT2D eigenvalue weighted by atomic mass is 32.1. The molecule has 1 fully saturated rings. The monoisotopic (exact) mass is 397 g/mol. The number of carbonyl (C=O) groups is 1. The number of rotatable bonds is 3. The van der Waals surface area contributed by atoms with Crippen LogP contribution in [0.3, 0.4) is 0 Å². The molecule has 0 spiro atoms. The Bertz CT molecular complexity index is 927. The molecule has 5 rings (SSSR count). The van der Waals surface area contributed by atoms with Crippen LogP contribution in [0.4, 0.5) is 0 Å². The molecular weight excluding hydrogens is 374 g/mol. The maximum absolute atomic E-state index is 13.7. The van der Waals surface area contributed by atoms with Crippen LogP contribution in [0.2, 0.25) is 0 Å². The maximum atomic E-state index is 13.7. The number of thiophene rings is 1. The molecule has 27 heavy (non-hydrogen) atoms. The smallest absolute Gasteiger partial charge is 0.257 e. The van der Waals surface area contributed by atoms with E-state index in [4.69, 9.17) is 0 Å². The Kier molecular flexibility index (Phi) is 4.61. The van der Waals surface area contributed by atoms with E-state index in [0.717, 1.165) is 49.3 Å². The third-order valence-corrected chi connectivity index (χ3v) is 7.96. The SMILES string of the molecule is O=C(c1c(-n2cccc2)sc2c1CCCC2)N1CCCC(c2nccs2)C1. The molecule has 4 heterocycles. The van der Waals surface area contributed by atoms with Crippen molar-refractivity contribution in [3.8, 4) is 5.00 Å². The molecule has 1 amide bonds. The zero-order valence-corrected chi connectivity index (χ0v) is 16.9. The second-order valence-electron chi connectivity index (χ2n) is 7.44. The van der Waals surface area contributed by atoms with Crippen LogP contribution < -0.4 is 0 Å². The molecule has 0 N–H and O–H groups in total. The van der Waals surface area contributed by atoms with E-state index in [1.807, 2.05) is 35.0 Å². The summed E-state index contributed by atoms with van der Waals surface area (Å²) in [7, 11) is 0. The first-order valence-electron chi connectivity index (χ1n) is 9.78. The minimum absolute atomic E-state index is 0.222. The molecule has 1 saturated heterocycles. The molecule has 2 aliphatic rings. The van der Waals surface area contributed by atoms with Gasteiger partial charge in [0, 0.05) is 47.9 Å². The van der Waals surface area contributed by atoms with E-state index >= 15 is 0 Å². The molecular formula is C21H23N3OS2. The van der Waals surface area contributed by atoms with E-state index < -0.39 is 0 Å². The van der Waals surface area contributed by atoms with Crippen molar-refractivity contribution in [1.29, 1.82) is 0 Å². The predicted octanol–water partition coefficient (Wildman–Crippen LogP) is 4.89. The Morgan fingerprint density at radius 3 is 2.81 bits per heavy atom. The number of piperidine rings is 1. The Morgan fingerprint density at radius 2 is 2.00 bits per heavy atom. The van der Waals surface area contributed by atoms with Crippen LogP contribution >= 0.6 is 22.7 Å². The van der Waals surface area contributed by atoms with Crippen LogP contribution in [0.25, 0.3) is 5.00 Å². The zero-order valence-electron chi connectivity index (χ0n) is 15.3. The summed E-state index contributed by atoms with van der Waals surface area (Å²) in [6.07, 6.45) is 12.8. The van der Waals surface area contributed by atoms with E-state index in [0.29, 0.717) is 5.92 Å². The molecule has 4 nitrogen and oxygen atoms in total. The van der Waals surface area contributed by atoms with Crippen LogP contribution in [0.5, 0.6) is 0 Å². The van der Waals surface area contributed by atoms with Crippen molar-refractivity contribution < 1.29 is 4.79 Å². The standard InChI is InChI=1S/C21H23N3OS2/c25-20(24-12-5-6-15(14-24)19-22-9-13-26-19)18-16-7-1-2-8-17(16)27-21(18)23-10-3-4-11-23/h3-4,9-11,13,15H,1-2,5-8,12,14H2. The summed E-state index contributed by atoms with van der Waals surface area (Å²) in [5.41, 5.74) is 2.28. The number of carbonyl (C=O) groups excluding carboxylic acids is 1. The van der Waals surface area contributed by atoms with Gasteiger partial charge in [-0.05, 0) is 56.2 Å². The van der Waals surface area contributed by atoms with Gasteiger partial charge >= 0.3 is 0 Å². The van der Waals surface area contributed by atoms with Crippen molar-refractivity contribution in [2.75, 3.05) is 13.1 Å². The topological polar surface area (TPSA) is 38.1 Å². The van der Waals surface area contributed by atoms with E-state index in [1.54, 1.807) is 11.3 Å². The summed E-state index contributed by atoms with van der Waals surface area (Å²) in [5, 5.41) is 4.31. The number of hydrogen-bond donors (Lipinski definition) is 0. The molecule has 0 radical (unpaired) electrons. The lowest BCUT2D eigenvalue weighted by molar-refractivity contribution is 0.0706. The first-order valence-corrected chi connectivity index (χ1v) is 11.5. The third kappa shape index (κ3) is 3.15. The van der Waals surface area contributed by atoms with Crippen molar-refractivity contribution in [3.05, 3.63) is 57.1 Å². The highest BCUT2D eigenvalue weighted by Crippen LogP contribution is 2.38. The normalized spacial score (nSPS) is 19.9. The van der Waals surface area contributed by atoms with Gasteiger partial charge in [0.15, 0.2) is 0 Å². The van der Waals surface area contributed by atoms with Crippen LogP contribution in [0, 0.1) is 0 Å². The summed E-state index contributed by atoms with van der Waals surface area (Å²) in [4.78, 5) is 21.7. The van der Waals surface area contributed by atoms with E-state index in [-0.39, 0.29) is 5.91 Å². The van der Waals surface area contributed by atoms with E-state index in [9.17, 15) is 4.79 Å². The van der Waals surface area contributed by atoms with Gasteiger partial charge in [0.2, 0.25) is 0 Å². The lowest BCUT2D eigenvalue weighted by Gasteiger charge is -2.32. The van der Waals surface area contributed by atoms with E-state index in [2.05, 4.69) is 26.8 Å². The highest BCUT2D eigenvalue weighted by Gasteiger charge is 2.32. The summed E-state index contributed by atoms with van der Waals surface area (Å²) >= 11 is 3.53. The van der Waals surface area contributed by atoms with Crippen LogP contribution in [0.15, 0.2) is 36.1 Å². The first-order chi connectivity index (χ1) is 13.3. The van der Waals surface area contributed by atoms with E-state index in [1.165, 1.54) is 28.3 Å². The summed E-state index contributed by atoms with van der Waals surface area (Å²) in [5.74, 6) is 0.603. The van der Waals surface area contributed by atoms with Gasteiger partial charge in [-0.1, -0.05) is 0 Å². The fourth-order valence-electron chi connectivity index (χ4n) is 4.38. The molecule has 1 aliphatic heterocycles. The van der Waals surface area contributed by atoms with Crippen LogP contribution in [-0.4, -0.2) is 33.4 Å². The molecule has 0 saturated carbocycles. The number of amides is 1. The quantitative estimate of drug-likeness (QED) is 0.631.